The van der Waals surface area contributed by atoms with Crippen LogP contribution in [0.15, 0.2) is 42.5 Å². The summed E-state index contributed by atoms with van der Waals surface area (Å²) >= 11 is 0. The molecule has 11 heavy (non-hydrogen) atoms. The van der Waals surface area contributed by atoms with Gasteiger partial charge in [0.2, 0.25) is 0 Å². The van der Waals surface area contributed by atoms with E-state index in [9.17, 15) is 0 Å². The van der Waals surface area contributed by atoms with Gasteiger partial charge < -0.3 is 0 Å². The fourth-order valence-electron chi connectivity index (χ4n) is 1.06. The van der Waals surface area contributed by atoms with Gasteiger partial charge in [0.05, 0.1) is 0 Å². The molecular weight excluding hydrogens is 144 g/mol. The molecule has 2 aromatic rings. The Kier molecular flexibility index (Phi) is 2.91. The fraction of sp³-hybridized carbons (Fsp3) is 0. The van der Waals surface area contributed by atoms with Crippen molar-refractivity contribution >= 4 is 33.8 Å². The molecule has 0 bridgehead atoms. The van der Waals surface area contributed by atoms with Crippen LogP contribution in [-0.2, 0) is 0 Å². The third kappa shape index (κ3) is 1.73. The van der Waals surface area contributed by atoms with Crippen LogP contribution in [0, 0.1) is 6.07 Å². The van der Waals surface area contributed by atoms with Crippen LogP contribution in [0.1, 0.15) is 0 Å². The quantitative estimate of drug-likeness (QED) is 0.506. The highest BCUT2D eigenvalue weighted by Gasteiger charge is 1.85. The molecule has 0 fully saturated rings. The number of rotatable bonds is 0. The Morgan fingerprint density at radius 2 is 1.64 bits per heavy atom. The summed E-state index contributed by atoms with van der Waals surface area (Å²) in [5, 5.41) is 2.44. The summed E-state index contributed by atoms with van der Waals surface area (Å²) < 4.78 is 0. The van der Waals surface area contributed by atoms with Gasteiger partial charge in [-0.1, -0.05) is 42.5 Å². The van der Waals surface area contributed by atoms with Gasteiger partial charge in [0.1, 0.15) is 0 Å². The van der Waals surface area contributed by atoms with Crippen molar-refractivity contribution in [3.63, 3.8) is 0 Å². The highest BCUT2D eigenvalue weighted by atomic mass is 24.3. The Hall–Kier alpha value is -0.534. The van der Waals surface area contributed by atoms with Gasteiger partial charge in [0.25, 0.3) is 0 Å². The lowest BCUT2D eigenvalue weighted by Gasteiger charge is -1.91. The van der Waals surface area contributed by atoms with E-state index >= 15 is 0 Å². The highest BCUT2D eigenvalue weighted by Crippen LogP contribution is 2.10. The monoisotopic (exact) mass is 153 g/mol. The number of hydrogen-bond donors (Lipinski definition) is 0. The molecule has 1 heteroatoms. The fourth-order valence-corrected chi connectivity index (χ4v) is 1.06. The van der Waals surface area contributed by atoms with Crippen LogP contribution in [0.2, 0.25) is 0 Å². The first-order valence-electron chi connectivity index (χ1n) is 3.32. The molecule has 0 saturated heterocycles. The lowest BCUT2D eigenvalue weighted by atomic mass is 10.1. The minimum absolute atomic E-state index is 0. The average molecular weight is 153 g/mol. The maximum absolute atomic E-state index is 3.15. The molecule has 0 N–H and O–H groups in total. The van der Waals surface area contributed by atoms with E-state index in [4.69, 9.17) is 0 Å². The summed E-state index contributed by atoms with van der Waals surface area (Å²) in [7, 11) is 0. The summed E-state index contributed by atoms with van der Waals surface area (Å²) in [6.07, 6.45) is 0. The summed E-state index contributed by atoms with van der Waals surface area (Å²) in [6, 6.07) is 17.4. The molecule has 2 aromatic carbocycles. The first-order valence-corrected chi connectivity index (χ1v) is 3.32. The van der Waals surface area contributed by atoms with Crippen molar-refractivity contribution in [2.75, 3.05) is 0 Å². The molecule has 1 radical (unpaired) electrons. The van der Waals surface area contributed by atoms with Crippen LogP contribution >= 0.6 is 0 Å². The van der Waals surface area contributed by atoms with Crippen LogP contribution in [0.4, 0.5) is 0 Å². The average Bonchev–Trinajstić information content (AvgIpc) is 2.05. The van der Waals surface area contributed by atoms with Gasteiger partial charge in [-0.15, -0.1) is 0 Å². The lowest BCUT2D eigenvalue weighted by molar-refractivity contribution is 1.74. The van der Waals surface area contributed by atoms with Crippen molar-refractivity contribution in [3.05, 3.63) is 48.5 Å². The predicted octanol–water partition coefficient (Wildman–Crippen LogP) is 1.72. The molecule has 0 spiro atoms. The second kappa shape index (κ2) is 3.74. The molecule has 0 amide bonds. The van der Waals surface area contributed by atoms with E-state index in [2.05, 4.69) is 24.3 Å². The molecule has 0 aliphatic heterocycles. The zero-order chi connectivity index (χ0) is 6.81. The van der Waals surface area contributed by atoms with Crippen LogP contribution in [0.5, 0.6) is 0 Å². The standard InChI is InChI=1S/C10H7.Mg.2H/c1-2-6-10-8-4-3-7-9(10)5-1;;;/h1-7H;;;. The van der Waals surface area contributed by atoms with E-state index in [-0.39, 0.29) is 23.1 Å². The van der Waals surface area contributed by atoms with Gasteiger partial charge in [-0.2, -0.15) is 0 Å². The van der Waals surface area contributed by atoms with Crippen LogP contribution in [-0.4, -0.2) is 23.1 Å². The van der Waals surface area contributed by atoms with Crippen molar-refractivity contribution in [3.8, 4) is 0 Å². The van der Waals surface area contributed by atoms with Crippen molar-refractivity contribution in [2.24, 2.45) is 0 Å². The molecule has 2 rings (SSSR count). The van der Waals surface area contributed by atoms with Gasteiger partial charge in [0, 0.05) is 0 Å². The van der Waals surface area contributed by atoms with Crippen LogP contribution in [0.3, 0.4) is 0 Å². The Balaban J connectivity index is 0.000000605. The van der Waals surface area contributed by atoms with Gasteiger partial charge >= 0.3 is 23.1 Å². The van der Waals surface area contributed by atoms with Crippen LogP contribution in [0.25, 0.3) is 10.8 Å². The van der Waals surface area contributed by atoms with E-state index < -0.39 is 0 Å². The molecule has 0 atom stereocenters. The maximum Gasteiger partial charge on any atom is 0.316 e. The van der Waals surface area contributed by atoms with Crippen molar-refractivity contribution < 1.29 is 0 Å². The minimum Gasteiger partial charge on any atom is -0.0616 e. The summed E-state index contributed by atoms with van der Waals surface area (Å²) in [4.78, 5) is 0. The van der Waals surface area contributed by atoms with Crippen molar-refractivity contribution in [1.29, 1.82) is 0 Å². The van der Waals surface area contributed by atoms with E-state index in [1.54, 1.807) is 0 Å². The topological polar surface area (TPSA) is 0 Å². The SMILES string of the molecule is [MgH2].[c]1cccc2ccccc12. The zero-order valence-electron chi connectivity index (χ0n) is 5.54. The smallest absolute Gasteiger partial charge is 0.0616 e. The molecule has 0 aliphatic rings. The minimum atomic E-state index is 0. The van der Waals surface area contributed by atoms with Gasteiger partial charge in [0.15, 0.2) is 0 Å². The van der Waals surface area contributed by atoms with E-state index in [0.29, 0.717) is 0 Å². The Morgan fingerprint density at radius 1 is 0.909 bits per heavy atom. The van der Waals surface area contributed by atoms with Crippen LogP contribution < -0.4 is 0 Å². The number of hydrogen-bond acceptors (Lipinski definition) is 0. The molecular formula is C10H9Mg. The Morgan fingerprint density at radius 3 is 2.45 bits per heavy atom. The zero-order valence-corrected chi connectivity index (χ0v) is 5.54. The van der Waals surface area contributed by atoms with E-state index in [1.807, 2.05) is 24.3 Å². The van der Waals surface area contributed by atoms with Crippen molar-refractivity contribution in [1.82, 2.24) is 0 Å². The Labute approximate surface area is 82.4 Å². The summed E-state index contributed by atoms with van der Waals surface area (Å²) in [5.41, 5.74) is 0. The normalized spacial score (nSPS) is 9.09. The molecule has 0 aromatic heterocycles. The molecule has 0 saturated carbocycles. The summed E-state index contributed by atoms with van der Waals surface area (Å²) in [5.74, 6) is 0. The van der Waals surface area contributed by atoms with Gasteiger partial charge in [-0.25, -0.2) is 0 Å². The van der Waals surface area contributed by atoms with Gasteiger partial charge in [-0.05, 0) is 16.8 Å². The van der Waals surface area contributed by atoms with E-state index in [0.717, 1.165) is 0 Å². The lowest BCUT2D eigenvalue weighted by Crippen LogP contribution is -1.67. The van der Waals surface area contributed by atoms with E-state index in [1.165, 1.54) is 10.8 Å². The van der Waals surface area contributed by atoms with Crippen molar-refractivity contribution in [2.45, 2.75) is 0 Å². The third-order valence-corrected chi connectivity index (χ3v) is 1.57. The molecule has 0 aliphatic carbocycles. The van der Waals surface area contributed by atoms with Gasteiger partial charge in [-0.3, -0.25) is 0 Å². The number of benzene rings is 2. The largest absolute Gasteiger partial charge is 0.316 e. The summed E-state index contributed by atoms with van der Waals surface area (Å²) in [6.45, 7) is 0. The first kappa shape index (κ1) is 8.56. The number of fused-ring (bicyclic) bond motifs is 1. The second-order valence-electron chi connectivity index (χ2n) is 2.26. The molecule has 0 unspecified atom stereocenters. The molecule has 51 valence electrons. The highest BCUT2D eigenvalue weighted by molar-refractivity contribution is 5.81. The maximum atomic E-state index is 3.15. The molecule has 0 nitrogen and oxygen atoms in total. The predicted molar refractivity (Wildman–Crippen MR) is 51.3 cm³/mol. The molecule has 0 heterocycles. The Bertz CT molecular complexity index is 276. The second-order valence-corrected chi connectivity index (χ2v) is 2.26. The third-order valence-electron chi connectivity index (χ3n) is 1.57. The first-order chi connectivity index (χ1) is 4.97.